The lowest BCUT2D eigenvalue weighted by molar-refractivity contribution is 0.0970. The van der Waals surface area contributed by atoms with Gasteiger partial charge in [-0.1, -0.05) is 41.7 Å². The quantitative estimate of drug-likeness (QED) is 0.517. The molecule has 29 heavy (non-hydrogen) atoms. The van der Waals surface area contributed by atoms with E-state index in [1.54, 1.807) is 18.2 Å². The van der Waals surface area contributed by atoms with Crippen LogP contribution in [0.4, 0.5) is 5.13 Å². The summed E-state index contributed by atoms with van der Waals surface area (Å²) in [5.74, 6) is 0.159. The molecular weight excluding hydrogens is 390 g/mol. The molecule has 2 aromatic carbocycles. The summed E-state index contributed by atoms with van der Waals surface area (Å²) in [6, 6.07) is 13.7. The fraction of sp³-hybridized carbons (Fsp3) is 0.143. The molecule has 4 aromatic rings. The number of carbonyl (C=O) groups excluding carboxylic acids is 1. The molecule has 0 bridgehead atoms. The minimum Gasteiger partial charge on any atom is -0.497 e. The number of aryl methyl sites for hydroxylation is 1. The maximum absolute atomic E-state index is 13.4. The maximum Gasteiger partial charge on any atom is 0.297 e. The monoisotopic (exact) mass is 405 g/mol. The number of nitrogens with zero attached hydrogens (tertiary/aromatic N) is 3. The number of benzene rings is 2. The highest BCUT2D eigenvalue weighted by molar-refractivity contribution is 7.15. The van der Waals surface area contributed by atoms with Gasteiger partial charge in [-0.2, -0.15) is 0 Å². The molecule has 8 heteroatoms. The predicted molar refractivity (Wildman–Crippen MR) is 109 cm³/mol. The van der Waals surface area contributed by atoms with Crippen LogP contribution in [0.15, 0.2) is 57.7 Å². The van der Waals surface area contributed by atoms with Gasteiger partial charge in [0.25, 0.3) is 5.91 Å². The van der Waals surface area contributed by atoms with E-state index in [0.29, 0.717) is 27.4 Å². The number of methoxy groups -OCH3 is 1. The van der Waals surface area contributed by atoms with Gasteiger partial charge in [0.1, 0.15) is 16.3 Å². The van der Waals surface area contributed by atoms with Gasteiger partial charge in [-0.15, -0.1) is 10.2 Å². The fourth-order valence-electron chi connectivity index (χ4n) is 3.61. The number of anilines is 1. The van der Waals surface area contributed by atoms with Crippen molar-refractivity contribution >= 4 is 33.3 Å². The van der Waals surface area contributed by atoms with E-state index in [4.69, 9.17) is 9.15 Å². The van der Waals surface area contributed by atoms with E-state index in [1.165, 1.54) is 23.3 Å². The third kappa shape index (κ3) is 2.64. The Kier molecular flexibility index (Phi) is 3.95. The van der Waals surface area contributed by atoms with E-state index >= 15 is 0 Å². The zero-order valence-electron chi connectivity index (χ0n) is 15.6. The Balaban J connectivity index is 1.81. The number of fused-ring (bicyclic) bond motifs is 2. The van der Waals surface area contributed by atoms with Gasteiger partial charge in [0.2, 0.25) is 10.9 Å². The van der Waals surface area contributed by atoms with Crippen molar-refractivity contribution in [1.29, 1.82) is 0 Å². The third-order valence-electron chi connectivity index (χ3n) is 4.92. The van der Waals surface area contributed by atoms with Crippen LogP contribution in [0.25, 0.3) is 11.0 Å². The Hall–Kier alpha value is -3.52. The van der Waals surface area contributed by atoms with Gasteiger partial charge in [-0.3, -0.25) is 14.5 Å². The molecule has 0 spiro atoms. The minimum absolute atomic E-state index is 0.0254. The number of rotatable bonds is 3. The van der Waals surface area contributed by atoms with Crippen LogP contribution < -0.4 is 15.1 Å². The molecule has 0 fully saturated rings. The largest absolute Gasteiger partial charge is 0.497 e. The second-order valence-electron chi connectivity index (χ2n) is 6.63. The van der Waals surface area contributed by atoms with Crippen LogP contribution in [0.3, 0.4) is 0 Å². The minimum atomic E-state index is -0.631. The second kappa shape index (κ2) is 6.52. The SMILES string of the molecule is COc1ccc2c(=O)c3c(oc2c1)C(=O)N(c1nnc(C)s1)C3c1ccccc1. The first-order valence-electron chi connectivity index (χ1n) is 8.92. The van der Waals surface area contributed by atoms with Crippen molar-refractivity contribution < 1.29 is 13.9 Å². The molecule has 0 radical (unpaired) electrons. The molecule has 3 heterocycles. The normalized spacial score (nSPS) is 15.7. The molecular formula is C21H15N3O4S. The van der Waals surface area contributed by atoms with E-state index in [0.717, 1.165) is 10.6 Å². The van der Waals surface area contributed by atoms with Crippen molar-refractivity contribution in [2.45, 2.75) is 13.0 Å². The average molecular weight is 405 g/mol. The smallest absolute Gasteiger partial charge is 0.297 e. The van der Waals surface area contributed by atoms with Crippen LogP contribution in [0.2, 0.25) is 0 Å². The van der Waals surface area contributed by atoms with E-state index in [2.05, 4.69) is 10.2 Å². The summed E-state index contributed by atoms with van der Waals surface area (Å²) in [7, 11) is 1.53. The molecule has 0 saturated heterocycles. The van der Waals surface area contributed by atoms with E-state index in [-0.39, 0.29) is 11.2 Å². The maximum atomic E-state index is 13.4. The number of amides is 1. The summed E-state index contributed by atoms with van der Waals surface area (Å²) in [6.45, 7) is 1.82. The number of carbonyl (C=O) groups is 1. The zero-order valence-corrected chi connectivity index (χ0v) is 16.4. The Bertz CT molecular complexity index is 1310. The highest BCUT2D eigenvalue weighted by Gasteiger charge is 2.45. The van der Waals surface area contributed by atoms with Crippen molar-refractivity contribution in [3.8, 4) is 5.75 Å². The fourth-order valence-corrected chi connectivity index (χ4v) is 4.32. The summed E-state index contributed by atoms with van der Waals surface area (Å²) in [5.41, 5.74) is 1.18. The summed E-state index contributed by atoms with van der Waals surface area (Å²) >= 11 is 1.29. The summed E-state index contributed by atoms with van der Waals surface area (Å²) < 4.78 is 11.2. The second-order valence-corrected chi connectivity index (χ2v) is 7.79. The molecule has 0 N–H and O–H groups in total. The Morgan fingerprint density at radius 2 is 1.90 bits per heavy atom. The lowest BCUT2D eigenvalue weighted by Crippen LogP contribution is -2.29. The molecule has 1 aliphatic rings. The molecule has 1 unspecified atom stereocenters. The highest BCUT2D eigenvalue weighted by Crippen LogP contribution is 2.42. The highest BCUT2D eigenvalue weighted by atomic mass is 32.1. The molecule has 5 rings (SSSR count). The Morgan fingerprint density at radius 3 is 2.59 bits per heavy atom. The molecule has 1 aliphatic heterocycles. The van der Waals surface area contributed by atoms with E-state index < -0.39 is 11.9 Å². The zero-order chi connectivity index (χ0) is 20.1. The lowest BCUT2D eigenvalue weighted by Gasteiger charge is -2.21. The van der Waals surface area contributed by atoms with Gasteiger partial charge >= 0.3 is 0 Å². The summed E-state index contributed by atoms with van der Waals surface area (Å²) in [4.78, 5) is 28.3. The number of hydrogen-bond acceptors (Lipinski definition) is 7. The van der Waals surface area contributed by atoms with Crippen molar-refractivity contribution in [1.82, 2.24) is 10.2 Å². The van der Waals surface area contributed by atoms with Crippen molar-refractivity contribution in [3.05, 3.63) is 80.6 Å². The first-order valence-corrected chi connectivity index (χ1v) is 9.73. The van der Waals surface area contributed by atoms with Gasteiger partial charge in [0, 0.05) is 6.07 Å². The molecule has 7 nitrogen and oxygen atoms in total. The van der Waals surface area contributed by atoms with Gasteiger partial charge in [0.05, 0.1) is 24.1 Å². The molecule has 2 aromatic heterocycles. The molecule has 144 valence electrons. The van der Waals surface area contributed by atoms with Gasteiger partial charge < -0.3 is 9.15 Å². The predicted octanol–water partition coefficient (Wildman–Crippen LogP) is 3.71. The van der Waals surface area contributed by atoms with Crippen molar-refractivity contribution in [2.75, 3.05) is 12.0 Å². The van der Waals surface area contributed by atoms with Crippen LogP contribution in [-0.2, 0) is 0 Å². The van der Waals surface area contributed by atoms with Gasteiger partial charge in [0.15, 0.2) is 5.43 Å². The van der Waals surface area contributed by atoms with Crippen LogP contribution in [0.1, 0.15) is 32.7 Å². The lowest BCUT2D eigenvalue weighted by atomic mass is 9.99. The Labute approximate surface area is 169 Å². The topological polar surface area (TPSA) is 85.5 Å². The first kappa shape index (κ1) is 17.6. The summed E-state index contributed by atoms with van der Waals surface area (Å²) in [6.07, 6.45) is 0. The standard InChI is InChI=1S/C21H15N3O4S/c1-11-22-23-21(29-11)24-17(12-6-4-3-5-7-12)16-18(25)14-9-8-13(27-2)10-15(14)28-19(16)20(24)26/h3-10,17H,1-2H3. The van der Waals surface area contributed by atoms with E-state index in [9.17, 15) is 9.59 Å². The van der Waals surface area contributed by atoms with Gasteiger partial charge in [-0.05, 0) is 24.6 Å². The van der Waals surface area contributed by atoms with Crippen LogP contribution >= 0.6 is 11.3 Å². The Morgan fingerprint density at radius 1 is 1.10 bits per heavy atom. The van der Waals surface area contributed by atoms with Crippen LogP contribution in [0, 0.1) is 6.92 Å². The number of ether oxygens (including phenoxy) is 1. The van der Waals surface area contributed by atoms with Crippen molar-refractivity contribution in [3.63, 3.8) is 0 Å². The summed E-state index contributed by atoms with van der Waals surface area (Å²) in [5, 5.41) is 9.73. The number of aromatic nitrogens is 2. The average Bonchev–Trinajstić information content (AvgIpc) is 3.29. The molecule has 1 atom stereocenters. The molecule has 1 amide bonds. The molecule has 0 saturated carbocycles. The van der Waals surface area contributed by atoms with Gasteiger partial charge in [-0.25, -0.2) is 0 Å². The molecule has 0 aliphatic carbocycles. The van der Waals surface area contributed by atoms with E-state index in [1.807, 2.05) is 37.3 Å². The third-order valence-corrected chi connectivity index (χ3v) is 5.75. The van der Waals surface area contributed by atoms with Crippen LogP contribution in [0.5, 0.6) is 5.75 Å². The number of hydrogen-bond donors (Lipinski definition) is 0. The first-order chi connectivity index (χ1) is 14.1. The van der Waals surface area contributed by atoms with Crippen LogP contribution in [-0.4, -0.2) is 23.2 Å². The van der Waals surface area contributed by atoms with Crippen molar-refractivity contribution in [2.24, 2.45) is 0 Å².